The minimum Gasteiger partial charge on any atom is -0.507 e. The number of carbonyl (C=O) groups excluding carboxylic acids is 1. The highest BCUT2D eigenvalue weighted by atomic mass is 16.5. The number of aromatic hydroxyl groups is 4. The van der Waals surface area contributed by atoms with E-state index >= 15 is 0 Å². The minimum absolute atomic E-state index is 0.00944. The normalized spacial score (nSPS) is 14.5. The van der Waals surface area contributed by atoms with Gasteiger partial charge in [-0.2, -0.15) is 0 Å². The maximum atomic E-state index is 13.3. The Hall–Kier alpha value is -5.44. The van der Waals surface area contributed by atoms with Gasteiger partial charge in [0.15, 0.2) is 17.3 Å². The third-order valence-electron chi connectivity index (χ3n) is 6.81. The van der Waals surface area contributed by atoms with E-state index in [9.17, 15) is 30.0 Å². The van der Waals surface area contributed by atoms with Crippen molar-refractivity contribution in [1.29, 1.82) is 0 Å². The largest absolute Gasteiger partial charge is 0.507 e. The number of ether oxygens (including phenoxy) is 2. The molecule has 6 rings (SSSR count). The summed E-state index contributed by atoms with van der Waals surface area (Å²) in [4.78, 5) is 25.9. The van der Waals surface area contributed by atoms with Crippen LogP contribution in [0.4, 0.5) is 0 Å². The highest BCUT2D eigenvalue weighted by Gasteiger charge is 2.34. The smallest absolute Gasteiger partial charge is 0.312 e. The molecule has 1 aliphatic rings. The fourth-order valence-corrected chi connectivity index (χ4v) is 4.89. The van der Waals surface area contributed by atoms with Gasteiger partial charge in [0.05, 0.1) is 6.42 Å². The van der Waals surface area contributed by atoms with E-state index in [1.807, 2.05) is 30.3 Å². The summed E-state index contributed by atoms with van der Waals surface area (Å²) in [7, 11) is 0. The highest BCUT2D eigenvalue weighted by Crippen LogP contribution is 2.47. The number of hydrogen-bond acceptors (Lipinski definition) is 9. The van der Waals surface area contributed by atoms with Crippen LogP contribution in [-0.4, -0.2) is 26.4 Å². The molecule has 1 aliphatic heterocycles. The number of carbonyl (C=O) groups is 1. The molecule has 4 aromatic carbocycles. The molecule has 1 unspecified atom stereocenters. The average Bonchev–Trinajstić information content (AvgIpc) is 2.95. The van der Waals surface area contributed by atoms with Crippen molar-refractivity contribution in [1.82, 2.24) is 0 Å². The molecule has 40 heavy (non-hydrogen) atoms. The highest BCUT2D eigenvalue weighted by molar-refractivity contribution is 5.94. The van der Waals surface area contributed by atoms with Gasteiger partial charge in [-0.25, -0.2) is 0 Å². The number of esters is 1. The van der Waals surface area contributed by atoms with E-state index in [0.29, 0.717) is 23.5 Å². The SMILES string of the molecule is O=C1CC(c2cccc(OCc3ccccc3)c2)c2c(cc(O)c3c(=O)c(O)c(-c4ccc(O)c(O)c4)oc23)O1. The van der Waals surface area contributed by atoms with Gasteiger partial charge in [-0.1, -0.05) is 42.5 Å². The summed E-state index contributed by atoms with van der Waals surface area (Å²) < 4.78 is 17.4. The molecule has 0 spiro atoms. The standard InChI is InChI=1S/C31H22O9/c32-21-10-9-18(12-22(21)33)30-29(37)28(36)27-23(34)14-24-26(31(27)40-30)20(13-25(35)39-24)17-7-4-8-19(11-17)38-15-16-5-2-1-3-6-16/h1-12,14,20,32-34,37H,13,15H2. The Kier molecular flexibility index (Phi) is 6.03. The molecule has 0 aliphatic carbocycles. The number of phenolic OH excluding ortho intramolecular Hbond substituents is 3. The second-order valence-electron chi connectivity index (χ2n) is 9.40. The van der Waals surface area contributed by atoms with Crippen LogP contribution in [0.2, 0.25) is 0 Å². The Bertz CT molecular complexity index is 1840. The first kappa shape index (κ1) is 24.9. The van der Waals surface area contributed by atoms with Crippen LogP contribution in [0.5, 0.6) is 34.5 Å². The van der Waals surface area contributed by atoms with Gasteiger partial charge in [0, 0.05) is 23.1 Å². The predicted octanol–water partition coefficient (Wildman–Crippen LogP) is 5.30. The summed E-state index contributed by atoms with van der Waals surface area (Å²) in [5.41, 5.74) is 1.08. The molecular weight excluding hydrogens is 516 g/mol. The fourth-order valence-electron chi connectivity index (χ4n) is 4.89. The first-order chi connectivity index (χ1) is 19.3. The molecule has 0 fully saturated rings. The van der Waals surface area contributed by atoms with Crippen molar-refractivity contribution in [2.45, 2.75) is 18.9 Å². The Morgan fingerprint density at radius 2 is 1.62 bits per heavy atom. The molecule has 0 saturated carbocycles. The van der Waals surface area contributed by atoms with Crippen molar-refractivity contribution >= 4 is 16.9 Å². The van der Waals surface area contributed by atoms with E-state index in [1.165, 1.54) is 12.1 Å². The van der Waals surface area contributed by atoms with Crippen LogP contribution in [0.25, 0.3) is 22.3 Å². The van der Waals surface area contributed by atoms with Gasteiger partial charge in [0.1, 0.15) is 34.8 Å². The molecule has 9 heteroatoms. The van der Waals surface area contributed by atoms with Gasteiger partial charge in [-0.05, 0) is 41.5 Å². The summed E-state index contributed by atoms with van der Waals surface area (Å²) in [6.45, 7) is 0.335. The molecule has 9 nitrogen and oxygen atoms in total. The van der Waals surface area contributed by atoms with Crippen LogP contribution in [0, 0.1) is 0 Å². The predicted molar refractivity (Wildman–Crippen MR) is 144 cm³/mol. The molecule has 4 N–H and O–H groups in total. The lowest BCUT2D eigenvalue weighted by atomic mass is 9.85. The lowest BCUT2D eigenvalue weighted by Crippen LogP contribution is -2.22. The van der Waals surface area contributed by atoms with Crippen molar-refractivity contribution < 1.29 is 39.1 Å². The first-order valence-corrected chi connectivity index (χ1v) is 12.4. The number of phenols is 3. The minimum atomic E-state index is -0.917. The van der Waals surface area contributed by atoms with Crippen molar-refractivity contribution in [3.05, 3.63) is 106 Å². The zero-order chi connectivity index (χ0) is 28.0. The van der Waals surface area contributed by atoms with Gasteiger partial charge >= 0.3 is 5.97 Å². The van der Waals surface area contributed by atoms with Crippen molar-refractivity contribution in [2.24, 2.45) is 0 Å². The molecule has 0 amide bonds. The Morgan fingerprint density at radius 1 is 0.825 bits per heavy atom. The maximum absolute atomic E-state index is 13.3. The fraction of sp³-hybridized carbons (Fsp3) is 0.0968. The maximum Gasteiger partial charge on any atom is 0.312 e. The van der Waals surface area contributed by atoms with Crippen LogP contribution in [0.3, 0.4) is 0 Å². The zero-order valence-electron chi connectivity index (χ0n) is 20.8. The summed E-state index contributed by atoms with van der Waals surface area (Å²) in [5.74, 6) is -3.14. The zero-order valence-corrected chi connectivity index (χ0v) is 20.8. The summed E-state index contributed by atoms with van der Waals surface area (Å²) in [6.07, 6.45) is -0.0884. The number of rotatable bonds is 5. The van der Waals surface area contributed by atoms with Crippen molar-refractivity contribution in [3.8, 4) is 45.8 Å². The third-order valence-corrected chi connectivity index (χ3v) is 6.81. The summed E-state index contributed by atoms with van der Waals surface area (Å²) in [5, 5.41) is 40.8. The van der Waals surface area contributed by atoms with Crippen LogP contribution in [0.1, 0.15) is 29.0 Å². The Labute approximate surface area is 226 Å². The van der Waals surface area contributed by atoms with Crippen LogP contribution in [0.15, 0.2) is 88.1 Å². The molecule has 5 aromatic rings. The summed E-state index contributed by atoms with van der Waals surface area (Å²) >= 11 is 0. The van der Waals surface area contributed by atoms with Gasteiger partial charge in [-0.15, -0.1) is 0 Å². The monoisotopic (exact) mass is 538 g/mol. The topological polar surface area (TPSA) is 147 Å². The molecule has 1 atom stereocenters. The second kappa shape index (κ2) is 9.70. The molecule has 0 saturated heterocycles. The second-order valence-corrected chi connectivity index (χ2v) is 9.40. The molecule has 200 valence electrons. The van der Waals surface area contributed by atoms with Crippen LogP contribution in [-0.2, 0) is 11.4 Å². The first-order valence-electron chi connectivity index (χ1n) is 12.4. The van der Waals surface area contributed by atoms with E-state index in [4.69, 9.17) is 13.9 Å². The number of fused-ring (bicyclic) bond motifs is 3. The quantitative estimate of drug-likeness (QED) is 0.133. The summed E-state index contributed by atoms with van der Waals surface area (Å²) in [6, 6.07) is 21.6. The van der Waals surface area contributed by atoms with Crippen LogP contribution >= 0.6 is 0 Å². The lowest BCUT2D eigenvalue weighted by Gasteiger charge is -2.26. The number of benzene rings is 4. The number of hydrogen-bond donors (Lipinski definition) is 4. The molecule has 1 aromatic heterocycles. The van der Waals surface area contributed by atoms with E-state index in [0.717, 1.165) is 17.7 Å². The molecule has 2 heterocycles. The average molecular weight is 539 g/mol. The van der Waals surface area contributed by atoms with E-state index < -0.39 is 40.3 Å². The third kappa shape index (κ3) is 4.33. The van der Waals surface area contributed by atoms with Crippen molar-refractivity contribution in [2.75, 3.05) is 0 Å². The molecule has 0 radical (unpaired) electrons. The van der Waals surface area contributed by atoms with Gasteiger partial charge in [-0.3, -0.25) is 9.59 Å². The van der Waals surface area contributed by atoms with E-state index in [1.54, 1.807) is 24.3 Å². The lowest BCUT2D eigenvalue weighted by molar-refractivity contribution is -0.135. The van der Waals surface area contributed by atoms with Gasteiger partial charge in [0.25, 0.3) is 0 Å². The Morgan fingerprint density at radius 3 is 2.40 bits per heavy atom. The van der Waals surface area contributed by atoms with Gasteiger partial charge in [0.2, 0.25) is 11.2 Å². The van der Waals surface area contributed by atoms with E-state index in [-0.39, 0.29) is 34.5 Å². The van der Waals surface area contributed by atoms with Crippen LogP contribution < -0.4 is 14.9 Å². The Balaban J connectivity index is 1.51. The van der Waals surface area contributed by atoms with Gasteiger partial charge < -0.3 is 34.3 Å². The molecular formula is C31H22O9. The van der Waals surface area contributed by atoms with Crippen molar-refractivity contribution in [3.63, 3.8) is 0 Å². The van der Waals surface area contributed by atoms with E-state index in [2.05, 4.69) is 0 Å². The molecule has 0 bridgehead atoms.